The van der Waals surface area contributed by atoms with Crippen LogP contribution in [0.3, 0.4) is 0 Å². The lowest BCUT2D eigenvalue weighted by Crippen LogP contribution is -2.32. The van der Waals surface area contributed by atoms with Crippen LogP contribution in [0, 0.1) is 16.7 Å². The summed E-state index contributed by atoms with van der Waals surface area (Å²) in [6.07, 6.45) is 3.96. The number of allylic oxidation sites excluding steroid dienone is 1. The third kappa shape index (κ3) is 2.21. The molecule has 0 spiro atoms. The molecule has 4 nitrogen and oxygen atoms in total. The molecule has 3 rings (SSSR count). The van der Waals surface area contributed by atoms with E-state index in [4.69, 9.17) is 0 Å². The zero-order valence-corrected chi connectivity index (χ0v) is 15.8. The Labute approximate surface area is 144 Å². The van der Waals surface area contributed by atoms with Crippen molar-refractivity contribution in [2.45, 2.75) is 38.5 Å². The first kappa shape index (κ1) is 17.4. The number of ketones is 1. The van der Waals surface area contributed by atoms with Gasteiger partial charge in [0.1, 0.15) is 0 Å². The molecule has 2 unspecified atom stereocenters. The van der Waals surface area contributed by atoms with E-state index in [0.29, 0.717) is 5.92 Å². The van der Waals surface area contributed by atoms with Crippen molar-refractivity contribution in [2.75, 3.05) is 14.1 Å². The molecular formula is C19H25NO3S. The zero-order chi connectivity index (χ0) is 17.9. The molecule has 2 bridgehead atoms. The number of Topliss-reactive ketones (excluding diaryl/α,β-unsaturated/α-hetero) is 1. The van der Waals surface area contributed by atoms with E-state index < -0.39 is 10.0 Å². The molecule has 2 aliphatic carbocycles. The summed E-state index contributed by atoms with van der Waals surface area (Å²) in [5.41, 5.74) is 1.50. The number of carbonyl (C=O) groups is 1. The summed E-state index contributed by atoms with van der Waals surface area (Å²) in [6.45, 7) is 6.47. The van der Waals surface area contributed by atoms with Gasteiger partial charge in [0.2, 0.25) is 10.0 Å². The first-order valence-electron chi connectivity index (χ1n) is 8.31. The van der Waals surface area contributed by atoms with Crippen molar-refractivity contribution in [3.63, 3.8) is 0 Å². The largest absolute Gasteiger partial charge is 0.294 e. The monoisotopic (exact) mass is 347 g/mol. The van der Waals surface area contributed by atoms with Gasteiger partial charge in [-0.3, -0.25) is 4.79 Å². The van der Waals surface area contributed by atoms with Crippen molar-refractivity contribution in [3.8, 4) is 0 Å². The highest BCUT2D eigenvalue weighted by Crippen LogP contribution is 2.65. The van der Waals surface area contributed by atoms with E-state index in [1.807, 2.05) is 6.08 Å². The van der Waals surface area contributed by atoms with Crippen molar-refractivity contribution in [3.05, 3.63) is 35.4 Å². The molecule has 1 aromatic rings. The van der Waals surface area contributed by atoms with Crippen LogP contribution in [0.15, 0.2) is 34.7 Å². The number of carbonyl (C=O) groups excluding carboxylic acids is 1. The number of sulfonamides is 1. The average Bonchev–Trinajstić information content (AvgIpc) is 2.82. The summed E-state index contributed by atoms with van der Waals surface area (Å²) in [4.78, 5) is 13.1. The van der Waals surface area contributed by atoms with Crippen molar-refractivity contribution in [1.29, 1.82) is 0 Å². The SMILES string of the molecule is CN(C)S(=O)(=O)c1ccc(C=C2C(=O)C3(C)CCC2C3(C)C)cc1. The highest BCUT2D eigenvalue weighted by atomic mass is 32.2. The lowest BCUT2D eigenvalue weighted by atomic mass is 9.70. The van der Waals surface area contributed by atoms with Crippen molar-refractivity contribution in [2.24, 2.45) is 16.7 Å². The second kappa shape index (κ2) is 5.27. The van der Waals surface area contributed by atoms with Gasteiger partial charge in [-0.05, 0) is 53.5 Å². The Morgan fingerprint density at radius 2 is 1.71 bits per heavy atom. The van der Waals surface area contributed by atoms with Crippen LogP contribution in [0.1, 0.15) is 39.2 Å². The van der Waals surface area contributed by atoms with E-state index in [-0.39, 0.29) is 21.5 Å². The molecule has 0 amide bonds. The highest BCUT2D eigenvalue weighted by molar-refractivity contribution is 7.89. The second-order valence-electron chi connectivity index (χ2n) is 7.93. The summed E-state index contributed by atoms with van der Waals surface area (Å²) < 4.78 is 25.5. The van der Waals surface area contributed by atoms with Crippen molar-refractivity contribution >= 4 is 21.9 Å². The number of hydrogen-bond acceptors (Lipinski definition) is 3. The van der Waals surface area contributed by atoms with Crippen LogP contribution in [-0.4, -0.2) is 32.6 Å². The molecule has 2 saturated carbocycles. The van der Waals surface area contributed by atoms with E-state index in [0.717, 1.165) is 24.0 Å². The van der Waals surface area contributed by atoms with Crippen LogP contribution in [0.4, 0.5) is 0 Å². The number of rotatable bonds is 3. The Kier molecular flexibility index (Phi) is 3.81. The van der Waals surface area contributed by atoms with Gasteiger partial charge in [-0.15, -0.1) is 0 Å². The van der Waals surface area contributed by atoms with Crippen molar-refractivity contribution in [1.82, 2.24) is 4.31 Å². The summed E-state index contributed by atoms with van der Waals surface area (Å²) >= 11 is 0. The van der Waals surface area contributed by atoms with Crippen LogP contribution in [0.5, 0.6) is 0 Å². The summed E-state index contributed by atoms with van der Waals surface area (Å²) in [7, 11) is -0.391. The molecule has 24 heavy (non-hydrogen) atoms. The molecule has 0 aliphatic heterocycles. The predicted molar refractivity (Wildman–Crippen MR) is 94.9 cm³/mol. The Morgan fingerprint density at radius 3 is 2.17 bits per heavy atom. The van der Waals surface area contributed by atoms with E-state index in [2.05, 4.69) is 20.8 Å². The Hall–Kier alpha value is -1.46. The molecule has 0 radical (unpaired) electrons. The maximum Gasteiger partial charge on any atom is 0.242 e. The van der Waals surface area contributed by atoms with Gasteiger partial charge in [0.05, 0.1) is 4.90 Å². The molecule has 1 aromatic carbocycles. The molecular weight excluding hydrogens is 322 g/mol. The highest BCUT2D eigenvalue weighted by Gasteiger charge is 2.63. The van der Waals surface area contributed by atoms with Gasteiger partial charge in [0, 0.05) is 19.5 Å². The maximum absolute atomic E-state index is 12.9. The van der Waals surface area contributed by atoms with E-state index >= 15 is 0 Å². The molecule has 5 heteroatoms. The minimum Gasteiger partial charge on any atom is -0.294 e. The van der Waals surface area contributed by atoms with Gasteiger partial charge in [-0.2, -0.15) is 0 Å². The second-order valence-corrected chi connectivity index (χ2v) is 10.1. The average molecular weight is 347 g/mol. The molecule has 0 heterocycles. The number of fused-ring (bicyclic) bond motifs is 2. The number of benzene rings is 1. The zero-order valence-electron chi connectivity index (χ0n) is 15.0. The quantitative estimate of drug-likeness (QED) is 0.788. The Bertz CT molecular complexity index is 819. The molecule has 2 atom stereocenters. The smallest absolute Gasteiger partial charge is 0.242 e. The Balaban J connectivity index is 1.95. The lowest BCUT2D eigenvalue weighted by Gasteiger charge is -2.31. The first-order chi connectivity index (χ1) is 11.0. The molecule has 130 valence electrons. The summed E-state index contributed by atoms with van der Waals surface area (Å²) in [6, 6.07) is 6.76. The van der Waals surface area contributed by atoms with Gasteiger partial charge in [0.25, 0.3) is 0 Å². The molecule has 0 aromatic heterocycles. The molecule has 0 saturated heterocycles. The third-order valence-corrected chi connectivity index (χ3v) is 8.18. The van der Waals surface area contributed by atoms with Gasteiger partial charge >= 0.3 is 0 Å². The van der Waals surface area contributed by atoms with Crippen LogP contribution in [-0.2, 0) is 14.8 Å². The van der Waals surface area contributed by atoms with E-state index in [1.54, 1.807) is 24.3 Å². The lowest BCUT2D eigenvalue weighted by molar-refractivity contribution is -0.125. The molecule has 0 N–H and O–H groups in total. The van der Waals surface area contributed by atoms with Crippen LogP contribution in [0.2, 0.25) is 0 Å². The fourth-order valence-electron chi connectivity index (χ4n) is 4.22. The van der Waals surface area contributed by atoms with Gasteiger partial charge in [-0.1, -0.05) is 32.9 Å². The fraction of sp³-hybridized carbons (Fsp3) is 0.526. The predicted octanol–water partition coefficient (Wildman–Crippen LogP) is 3.35. The first-order valence-corrected chi connectivity index (χ1v) is 9.75. The normalized spacial score (nSPS) is 30.5. The number of hydrogen-bond donors (Lipinski definition) is 0. The topological polar surface area (TPSA) is 54.5 Å². The summed E-state index contributed by atoms with van der Waals surface area (Å²) in [5, 5.41) is 0. The van der Waals surface area contributed by atoms with Gasteiger partial charge < -0.3 is 0 Å². The molecule has 2 aliphatic rings. The Morgan fingerprint density at radius 1 is 1.12 bits per heavy atom. The van der Waals surface area contributed by atoms with Crippen LogP contribution < -0.4 is 0 Å². The van der Waals surface area contributed by atoms with E-state index in [9.17, 15) is 13.2 Å². The van der Waals surface area contributed by atoms with Crippen molar-refractivity contribution < 1.29 is 13.2 Å². The van der Waals surface area contributed by atoms with Gasteiger partial charge in [0.15, 0.2) is 5.78 Å². The summed E-state index contributed by atoms with van der Waals surface area (Å²) in [5.74, 6) is 0.550. The maximum atomic E-state index is 12.9. The minimum atomic E-state index is -3.42. The standard InChI is InChI=1S/C19H25NO3S/c1-18(2)16-10-11-19(18,3)17(21)15(16)12-13-6-8-14(9-7-13)24(22,23)20(4)5/h6-9,12,16H,10-11H2,1-5H3. The number of nitrogens with zero attached hydrogens (tertiary/aromatic N) is 1. The van der Waals surface area contributed by atoms with Crippen LogP contribution >= 0.6 is 0 Å². The fourth-order valence-corrected chi connectivity index (χ4v) is 5.12. The molecule has 2 fully saturated rings. The third-order valence-electron chi connectivity index (χ3n) is 6.35. The van der Waals surface area contributed by atoms with Crippen LogP contribution in [0.25, 0.3) is 6.08 Å². The minimum absolute atomic E-state index is 0.00980. The van der Waals surface area contributed by atoms with Gasteiger partial charge in [-0.25, -0.2) is 12.7 Å². The van der Waals surface area contributed by atoms with E-state index in [1.165, 1.54) is 18.4 Å².